The van der Waals surface area contributed by atoms with Crippen LogP contribution in [-0.4, -0.2) is 14.8 Å². The summed E-state index contributed by atoms with van der Waals surface area (Å²) in [7, 11) is -1.72. The van der Waals surface area contributed by atoms with Crippen molar-refractivity contribution in [3.05, 3.63) is 117 Å². The van der Waals surface area contributed by atoms with Crippen molar-refractivity contribution in [2.75, 3.05) is 9.80 Å². The maximum Gasteiger partial charge on any atom is 0.252 e. The molecule has 0 N–H and O–H groups in total. The molecule has 226 valence electrons. The number of rotatable bonds is 3. The van der Waals surface area contributed by atoms with Crippen LogP contribution in [0.5, 0.6) is 0 Å². The lowest BCUT2D eigenvalue weighted by molar-refractivity contribution is 1.21. The van der Waals surface area contributed by atoms with Crippen LogP contribution in [0.4, 0.5) is 34.1 Å². The van der Waals surface area contributed by atoms with Crippen LogP contribution in [0.1, 0.15) is 44.5 Å². The SMILES string of the molecule is Cc1ccc(N2c3cc(C)c(C)cc3B3c4cc(C)c(C)cc4N(c4ccc(C)c(C)c4)c4cc([Si](C)(C)C)cc2c43)cc1C. The zero-order chi connectivity index (χ0) is 32.1. The van der Waals surface area contributed by atoms with Crippen LogP contribution < -0.4 is 31.4 Å². The van der Waals surface area contributed by atoms with E-state index in [0.717, 1.165) is 0 Å². The highest BCUT2D eigenvalue weighted by Crippen LogP contribution is 2.45. The maximum absolute atomic E-state index is 2.58. The quantitative estimate of drug-likeness (QED) is 0.186. The van der Waals surface area contributed by atoms with Gasteiger partial charge in [-0.25, -0.2) is 0 Å². The van der Waals surface area contributed by atoms with Gasteiger partial charge in [-0.05, 0) is 165 Å². The lowest BCUT2D eigenvalue weighted by Gasteiger charge is -2.45. The molecule has 0 aromatic heterocycles. The van der Waals surface area contributed by atoms with Gasteiger partial charge in [0.25, 0.3) is 6.71 Å². The molecule has 0 amide bonds. The van der Waals surface area contributed by atoms with Crippen molar-refractivity contribution in [2.45, 2.75) is 75.0 Å². The molecule has 0 atom stereocenters. The second-order valence-electron chi connectivity index (χ2n) is 14.8. The van der Waals surface area contributed by atoms with E-state index < -0.39 is 8.07 Å². The van der Waals surface area contributed by atoms with Gasteiger partial charge >= 0.3 is 0 Å². The molecule has 2 nitrogen and oxygen atoms in total. The van der Waals surface area contributed by atoms with Gasteiger partial charge in [-0.3, -0.25) is 0 Å². The van der Waals surface area contributed by atoms with Gasteiger partial charge in [0.1, 0.15) is 0 Å². The van der Waals surface area contributed by atoms with Crippen LogP contribution in [0.15, 0.2) is 72.8 Å². The minimum atomic E-state index is -1.72. The zero-order valence-corrected chi connectivity index (χ0v) is 29.9. The summed E-state index contributed by atoms with van der Waals surface area (Å²) in [6.45, 7) is 25.6. The predicted molar refractivity (Wildman–Crippen MR) is 201 cm³/mol. The fourth-order valence-corrected chi connectivity index (χ4v) is 8.38. The minimum absolute atomic E-state index is 0.153. The monoisotopic (exact) mass is 604 g/mol. The highest BCUT2D eigenvalue weighted by Gasteiger charge is 2.44. The molecule has 0 saturated heterocycles. The standard InChI is InChI=1S/C41H45BN2Si/c1-24-12-14-32(16-26(24)3)43-37-20-30(7)28(5)18-35(37)42-36-19-29(6)31(8)21-38(36)44(33-15-13-25(2)27(4)17-33)40-23-34(45(9,10)11)22-39(43)41(40)42/h12-23H,1-11H3. The van der Waals surface area contributed by atoms with E-state index in [9.17, 15) is 0 Å². The molecule has 0 unspecified atom stereocenters. The average Bonchev–Trinajstić information content (AvgIpc) is 2.97. The Morgan fingerprint density at radius 2 is 0.800 bits per heavy atom. The van der Waals surface area contributed by atoms with Gasteiger partial charge in [0.15, 0.2) is 0 Å². The van der Waals surface area contributed by atoms with Gasteiger partial charge in [0.2, 0.25) is 0 Å². The fraction of sp³-hybridized carbons (Fsp3) is 0.268. The third kappa shape index (κ3) is 4.60. The number of nitrogens with zero attached hydrogens (tertiary/aromatic N) is 2. The van der Waals surface area contributed by atoms with Crippen LogP contribution in [0.2, 0.25) is 19.6 Å². The Kier molecular flexibility index (Phi) is 6.76. The summed E-state index contributed by atoms with van der Waals surface area (Å²) in [5, 5.41) is 1.48. The summed E-state index contributed by atoms with van der Waals surface area (Å²) in [6.07, 6.45) is 0. The summed E-state index contributed by atoms with van der Waals surface area (Å²) in [4.78, 5) is 5.16. The Balaban J connectivity index is 1.66. The second kappa shape index (κ2) is 10.3. The molecule has 0 saturated carbocycles. The Bertz CT molecular complexity index is 1910. The highest BCUT2D eigenvalue weighted by atomic mass is 28.3. The first-order chi connectivity index (χ1) is 21.2. The van der Waals surface area contributed by atoms with Gasteiger partial charge in [-0.15, -0.1) is 0 Å². The van der Waals surface area contributed by atoms with Crippen LogP contribution in [0.3, 0.4) is 0 Å². The lowest BCUT2D eigenvalue weighted by atomic mass is 9.33. The summed E-state index contributed by atoms with van der Waals surface area (Å²) in [5.74, 6) is 0. The molecule has 2 aliphatic heterocycles. The zero-order valence-electron chi connectivity index (χ0n) is 28.9. The largest absolute Gasteiger partial charge is 0.311 e. The van der Waals surface area contributed by atoms with E-state index in [4.69, 9.17) is 0 Å². The summed E-state index contributed by atoms with van der Waals surface area (Å²) < 4.78 is 0. The number of aryl methyl sites for hydroxylation is 8. The molecule has 4 heteroatoms. The number of hydrogen-bond donors (Lipinski definition) is 0. The molecular weight excluding hydrogens is 559 g/mol. The third-order valence-electron chi connectivity index (χ3n) is 10.7. The summed E-state index contributed by atoms with van der Waals surface area (Å²) in [5.41, 5.74) is 22.6. The highest BCUT2D eigenvalue weighted by molar-refractivity contribution is 7.00. The van der Waals surface area contributed by atoms with E-state index >= 15 is 0 Å². The fourth-order valence-electron chi connectivity index (χ4n) is 7.24. The number of anilines is 6. The third-order valence-corrected chi connectivity index (χ3v) is 12.7. The van der Waals surface area contributed by atoms with Gasteiger partial charge in [-0.2, -0.15) is 0 Å². The Morgan fingerprint density at radius 1 is 0.422 bits per heavy atom. The van der Waals surface area contributed by atoms with Crippen molar-refractivity contribution in [3.8, 4) is 0 Å². The summed E-state index contributed by atoms with van der Waals surface area (Å²) in [6, 6.07) is 28.9. The van der Waals surface area contributed by atoms with Crippen molar-refractivity contribution in [1.82, 2.24) is 0 Å². The van der Waals surface area contributed by atoms with Crippen LogP contribution in [0.25, 0.3) is 0 Å². The van der Waals surface area contributed by atoms with Gasteiger partial charge < -0.3 is 9.80 Å². The molecule has 7 rings (SSSR count). The average molecular weight is 605 g/mol. The Labute approximate surface area is 271 Å². The predicted octanol–water partition coefficient (Wildman–Crippen LogP) is 8.78. The van der Waals surface area contributed by atoms with Crippen molar-refractivity contribution >= 4 is 70.5 Å². The molecule has 2 aliphatic rings. The molecule has 45 heavy (non-hydrogen) atoms. The van der Waals surface area contributed by atoms with Crippen molar-refractivity contribution in [2.24, 2.45) is 0 Å². The van der Waals surface area contributed by atoms with Crippen molar-refractivity contribution < 1.29 is 0 Å². The van der Waals surface area contributed by atoms with E-state index in [1.807, 2.05) is 0 Å². The molecule has 0 fully saturated rings. The van der Waals surface area contributed by atoms with E-state index in [0.29, 0.717) is 0 Å². The Morgan fingerprint density at radius 3 is 1.18 bits per heavy atom. The first-order valence-corrected chi connectivity index (χ1v) is 19.9. The number of fused-ring (bicyclic) bond motifs is 4. The Hall–Kier alpha value is -4.02. The van der Waals surface area contributed by atoms with E-state index in [2.05, 4.69) is 158 Å². The smallest absolute Gasteiger partial charge is 0.252 e. The number of hydrogen-bond acceptors (Lipinski definition) is 2. The molecule has 5 aromatic carbocycles. The van der Waals surface area contributed by atoms with Crippen molar-refractivity contribution in [3.63, 3.8) is 0 Å². The van der Waals surface area contributed by atoms with Crippen LogP contribution in [-0.2, 0) is 0 Å². The van der Waals surface area contributed by atoms with E-state index in [1.165, 1.54) is 100 Å². The van der Waals surface area contributed by atoms with Gasteiger partial charge in [0.05, 0.1) is 8.07 Å². The van der Waals surface area contributed by atoms with Crippen LogP contribution in [0, 0.1) is 55.4 Å². The normalized spacial score (nSPS) is 13.5. The van der Waals surface area contributed by atoms with Gasteiger partial charge in [0, 0.05) is 34.1 Å². The molecular formula is C41H45BN2Si. The maximum atomic E-state index is 2.58. The van der Waals surface area contributed by atoms with Crippen LogP contribution >= 0.6 is 0 Å². The molecule has 2 heterocycles. The first kappa shape index (κ1) is 29.7. The molecule has 0 spiro atoms. The molecule has 0 radical (unpaired) electrons. The number of benzene rings is 5. The first-order valence-electron chi connectivity index (χ1n) is 16.4. The molecule has 5 aromatic rings. The van der Waals surface area contributed by atoms with Crippen molar-refractivity contribution in [1.29, 1.82) is 0 Å². The molecule has 0 aliphatic carbocycles. The second-order valence-corrected chi connectivity index (χ2v) is 19.9. The molecule has 0 bridgehead atoms. The van der Waals surface area contributed by atoms with Gasteiger partial charge in [-0.1, -0.05) is 49.1 Å². The van der Waals surface area contributed by atoms with E-state index in [1.54, 1.807) is 0 Å². The lowest BCUT2D eigenvalue weighted by Crippen LogP contribution is -2.62. The summed E-state index contributed by atoms with van der Waals surface area (Å²) >= 11 is 0. The van der Waals surface area contributed by atoms with E-state index in [-0.39, 0.29) is 6.71 Å². The minimum Gasteiger partial charge on any atom is -0.311 e. The topological polar surface area (TPSA) is 6.48 Å².